The Labute approximate surface area is 463 Å². The number of fused-ring (bicyclic) bond motifs is 1. The van der Waals surface area contributed by atoms with Crippen molar-refractivity contribution in [2.24, 2.45) is 0 Å². The van der Waals surface area contributed by atoms with Gasteiger partial charge in [-0.3, -0.25) is 4.79 Å². The summed E-state index contributed by atoms with van der Waals surface area (Å²) in [6.45, 7) is 0.261. The van der Waals surface area contributed by atoms with Crippen molar-refractivity contribution >= 4 is 50.5 Å². The highest BCUT2D eigenvalue weighted by Crippen LogP contribution is 2.42. The first kappa shape index (κ1) is 64.8. The maximum atomic E-state index is 14.2. The SMILES string of the molecule is FC(F)(F)c1cc([B-](c2cc(C(F)(F)F)cc(C(F)(F)F)c2)(c2cc(C(F)(F)F)cc(C(F)(F)F)c2)c2cc(C(F)(F)F)cc(C(F)(F)F)c2)cc(C(F)(F)F)c1.O=C(C[n+]1ccc2ccccc2c1)c1ccc(C(=O)OC2CCCCC2)cc1. The van der Waals surface area contributed by atoms with E-state index in [9.17, 15) is 115 Å². The molecule has 1 saturated carbocycles. The van der Waals surface area contributed by atoms with E-state index >= 15 is 0 Å². The molecule has 0 saturated heterocycles. The van der Waals surface area contributed by atoms with Gasteiger partial charge in [-0.05, 0) is 73.5 Å². The minimum atomic E-state index is -6.13. The Balaban J connectivity index is 0.000000306. The third kappa shape index (κ3) is 15.2. The van der Waals surface area contributed by atoms with E-state index in [0.29, 0.717) is 11.1 Å². The van der Waals surface area contributed by atoms with Crippen LogP contribution in [0.25, 0.3) is 10.8 Å². The van der Waals surface area contributed by atoms with Gasteiger partial charge in [0.05, 0.1) is 50.1 Å². The van der Waals surface area contributed by atoms with Crippen LogP contribution in [0.3, 0.4) is 0 Å². The van der Waals surface area contributed by atoms with Crippen molar-refractivity contribution in [3.8, 4) is 0 Å². The first-order valence-corrected chi connectivity index (χ1v) is 24.5. The quantitative estimate of drug-likeness (QED) is 0.0476. The van der Waals surface area contributed by atoms with Crippen LogP contribution in [-0.4, -0.2) is 24.0 Å². The molecule has 6 aromatic carbocycles. The van der Waals surface area contributed by atoms with Gasteiger partial charge in [-0.25, -0.2) is 4.79 Å². The van der Waals surface area contributed by atoms with Gasteiger partial charge in [0.2, 0.25) is 12.3 Å². The number of halogens is 24. The molecular formula is C56H36BF24NO3. The number of hydrogen-bond donors (Lipinski definition) is 0. The van der Waals surface area contributed by atoms with Gasteiger partial charge in [0, 0.05) is 17.0 Å². The van der Waals surface area contributed by atoms with Crippen molar-refractivity contribution < 1.29 is 124 Å². The molecular weight excluding hydrogens is 1200 g/mol. The molecule has 0 aliphatic heterocycles. The van der Waals surface area contributed by atoms with Gasteiger partial charge in [-0.2, -0.15) is 132 Å². The predicted molar refractivity (Wildman–Crippen MR) is 257 cm³/mol. The van der Waals surface area contributed by atoms with Gasteiger partial charge in [0.1, 0.15) is 12.2 Å². The standard InChI is InChI=1S/C32H12BF24.C24H24NO3/c34-25(35,36)13-1-14(26(37,38)39)6-21(5-13)33(22-7-15(27(40,41)42)2-16(8-22)28(43,44)45,23-9-17(29(46,47)48)3-18(10-23)30(49,50)51)24-11-19(31(52,53)54)4-20(12-24)32(55,56)57;26-23(17-25-15-14-18-6-4-5-7-21(18)16-25)19-10-12-20(13-11-19)24(27)28-22-8-2-1-3-9-22/h1-12H;4-7,10-16,22H,1-3,8-9,17H2/q-1;+1. The summed E-state index contributed by atoms with van der Waals surface area (Å²) in [5.74, 6) is -0.290. The van der Waals surface area contributed by atoms with Crippen LogP contribution in [0.1, 0.15) is 97.3 Å². The highest BCUT2D eigenvalue weighted by molar-refractivity contribution is 7.20. The van der Waals surface area contributed by atoms with Crippen molar-refractivity contribution in [2.75, 3.05) is 0 Å². The van der Waals surface area contributed by atoms with Gasteiger partial charge >= 0.3 is 55.4 Å². The van der Waals surface area contributed by atoms with E-state index in [0.717, 1.165) is 36.5 Å². The lowest BCUT2D eigenvalue weighted by atomic mass is 9.12. The third-order valence-corrected chi connectivity index (χ3v) is 13.8. The molecule has 0 atom stereocenters. The Kier molecular flexibility index (Phi) is 17.7. The van der Waals surface area contributed by atoms with Gasteiger partial charge in [-0.1, -0.05) is 85.3 Å². The number of ketones is 1. The van der Waals surface area contributed by atoms with Gasteiger partial charge in [-0.15, -0.1) is 0 Å². The van der Waals surface area contributed by atoms with E-state index in [4.69, 9.17) is 4.74 Å². The molecule has 7 aromatic rings. The lowest BCUT2D eigenvalue weighted by Gasteiger charge is -2.46. The Morgan fingerprint density at radius 1 is 0.388 bits per heavy atom. The lowest BCUT2D eigenvalue weighted by Crippen LogP contribution is -2.75. The molecule has 85 heavy (non-hydrogen) atoms. The topological polar surface area (TPSA) is 47.2 Å². The van der Waals surface area contributed by atoms with E-state index < -0.39 is 195 Å². The zero-order chi connectivity index (χ0) is 63.3. The van der Waals surface area contributed by atoms with Crippen LogP contribution >= 0.6 is 0 Å². The maximum absolute atomic E-state index is 14.2. The highest BCUT2D eigenvalue weighted by atomic mass is 19.4. The third-order valence-electron chi connectivity index (χ3n) is 13.8. The molecule has 1 heterocycles. The normalized spacial score (nSPS) is 14.4. The second kappa shape index (κ2) is 23.3. The second-order valence-electron chi connectivity index (χ2n) is 19.6. The number of rotatable bonds is 9. The molecule has 29 heteroatoms. The summed E-state index contributed by atoms with van der Waals surface area (Å²) in [7, 11) is 0. The number of benzene rings is 6. The molecule has 1 fully saturated rings. The molecule has 0 bridgehead atoms. The zero-order valence-corrected chi connectivity index (χ0v) is 42.4. The average Bonchev–Trinajstić information content (AvgIpc) is 0.749. The summed E-state index contributed by atoms with van der Waals surface area (Å²) >= 11 is 0. The number of pyridine rings is 1. The minimum Gasteiger partial charge on any atom is -0.459 e. The summed E-state index contributed by atoms with van der Waals surface area (Å²) in [6, 6.07) is 8.05. The number of alkyl halides is 24. The fraction of sp³-hybridized carbons (Fsp3) is 0.268. The van der Waals surface area contributed by atoms with E-state index in [2.05, 4.69) is 0 Å². The van der Waals surface area contributed by atoms with Crippen molar-refractivity contribution in [3.63, 3.8) is 0 Å². The summed E-state index contributed by atoms with van der Waals surface area (Å²) in [4.78, 5) is 24.9. The first-order valence-electron chi connectivity index (χ1n) is 24.5. The summed E-state index contributed by atoms with van der Waals surface area (Å²) < 4.78 is 348. The molecule has 8 rings (SSSR count). The number of ether oxygens (including phenoxy) is 1. The molecule has 4 nitrogen and oxygen atoms in total. The maximum Gasteiger partial charge on any atom is 0.416 e. The van der Waals surface area contributed by atoms with Crippen LogP contribution in [0, 0.1) is 0 Å². The lowest BCUT2D eigenvalue weighted by molar-refractivity contribution is -0.681. The molecule has 454 valence electrons. The van der Waals surface area contributed by atoms with Crippen molar-refractivity contribution in [2.45, 2.75) is 94.2 Å². The molecule has 0 spiro atoms. The molecule has 0 radical (unpaired) electrons. The van der Waals surface area contributed by atoms with Crippen LogP contribution in [0.2, 0.25) is 0 Å². The first-order chi connectivity index (χ1) is 38.9. The average molecular weight is 1240 g/mol. The van der Waals surface area contributed by atoms with Crippen LogP contribution in [0.4, 0.5) is 105 Å². The number of Topliss-reactive ketones (excluding diaryl/α,β-unsaturated/α-hetero) is 1. The van der Waals surface area contributed by atoms with Crippen LogP contribution in [0.15, 0.2) is 140 Å². The van der Waals surface area contributed by atoms with Crippen molar-refractivity contribution in [1.29, 1.82) is 0 Å². The zero-order valence-electron chi connectivity index (χ0n) is 42.4. The van der Waals surface area contributed by atoms with Gasteiger partial charge in [0.25, 0.3) is 0 Å². The number of aromatic nitrogens is 1. The van der Waals surface area contributed by atoms with Gasteiger partial charge in [0.15, 0.2) is 12.4 Å². The Bertz CT molecular complexity index is 3150. The molecule has 0 unspecified atom stereocenters. The van der Waals surface area contributed by atoms with E-state index in [-0.39, 0.29) is 24.4 Å². The predicted octanol–water partition coefficient (Wildman–Crippen LogP) is 15.7. The van der Waals surface area contributed by atoms with Crippen LogP contribution in [-0.2, 0) is 60.7 Å². The van der Waals surface area contributed by atoms with E-state index in [1.54, 1.807) is 24.3 Å². The number of carbonyl (C=O) groups excluding carboxylic acids is 2. The Morgan fingerprint density at radius 3 is 0.988 bits per heavy atom. The smallest absolute Gasteiger partial charge is 0.416 e. The van der Waals surface area contributed by atoms with Crippen LogP contribution < -0.4 is 26.4 Å². The van der Waals surface area contributed by atoms with E-state index in [1.807, 2.05) is 47.3 Å². The molecule has 0 N–H and O–H groups in total. The molecule has 0 amide bonds. The van der Waals surface area contributed by atoms with Crippen LogP contribution in [0.5, 0.6) is 0 Å². The highest BCUT2D eigenvalue weighted by Gasteiger charge is 2.47. The number of carbonyl (C=O) groups is 2. The number of hydrogen-bond acceptors (Lipinski definition) is 3. The summed E-state index contributed by atoms with van der Waals surface area (Å²) in [5, 5.41) is 2.24. The second-order valence-corrected chi connectivity index (χ2v) is 19.6. The monoisotopic (exact) mass is 1240 g/mol. The number of nitrogens with zero attached hydrogens (tertiary/aromatic N) is 1. The molecule has 1 aromatic heterocycles. The Morgan fingerprint density at radius 2 is 0.682 bits per heavy atom. The summed E-state index contributed by atoms with van der Waals surface area (Å²) in [6.07, 6.45) is -45.5. The number of esters is 1. The molecule has 1 aliphatic rings. The van der Waals surface area contributed by atoms with E-state index in [1.165, 1.54) is 6.42 Å². The minimum absolute atomic E-state index is 0.00692. The largest absolute Gasteiger partial charge is 0.459 e. The fourth-order valence-electron chi connectivity index (χ4n) is 9.80. The van der Waals surface area contributed by atoms with Gasteiger partial charge < -0.3 is 4.74 Å². The van der Waals surface area contributed by atoms with Crippen molar-refractivity contribution in [1.82, 2.24) is 0 Å². The summed E-state index contributed by atoms with van der Waals surface area (Å²) in [5.41, 5.74) is -29.1. The molecule has 1 aliphatic carbocycles. The van der Waals surface area contributed by atoms with Crippen molar-refractivity contribution in [3.05, 3.63) is 195 Å². The fourth-order valence-corrected chi connectivity index (χ4v) is 9.80. The Hall–Kier alpha value is -7.75.